The average molecular weight is 402 g/mol. The summed E-state index contributed by atoms with van der Waals surface area (Å²) in [5.41, 5.74) is 1.68. The Morgan fingerprint density at radius 1 is 1.41 bits per heavy atom. The number of imidazole rings is 1. The standard InChI is InChI=1S/C18H19ClF3N3O2/c1-11(27-10-18(20,21)22)17(26)25-8-2-3-15(25)16-23-9-14(24-16)12-4-6-13(19)7-5-12/h4-7,9,11,15H,2-3,8,10H2,1H3,(H,23,24)/t11-,15+/m0/s1. The van der Waals surface area contributed by atoms with E-state index in [0.717, 1.165) is 17.7 Å². The fourth-order valence-corrected chi connectivity index (χ4v) is 3.25. The van der Waals surface area contributed by atoms with Gasteiger partial charge in [0, 0.05) is 11.6 Å². The van der Waals surface area contributed by atoms with Crippen molar-refractivity contribution in [3.05, 3.63) is 41.3 Å². The second-order valence-corrected chi connectivity index (χ2v) is 6.88. The van der Waals surface area contributed by atoms with Crippen LogP contribution in [0.3, 0.4) is 0 Å². The lowest BCUT2D eigenvalue weighted by Crippen LogP contribution is -2.40. The van der Waals surface area contributed by atoms with Crippen LogP contribution < -0.4 is 0 Å². The van der Waals surface area contributed by atoms with E-state index in [-0.39, 0.29) is 6.04 Å². The minimum atomic E-state index is -4.46. The highest BCUT2D eigenvalue weighted by Crippen LogP contribution is 2.32. The highest BCUT2D eigenvalue weighted by atomic mass is 35.5. The monoisotopic (exact) mass is 401 g/mol. The molecule has 3 rings (SSSR count). The molecule has 0 spiro atoms. The third-order valence-electron chi connectivity index (χ3n) is 4.45. The number of aromatic amines is 1. The maximum Gasteiger partial charge on any atom is 0.411 e. The molecule has 1 aliphatic heterocycles. The van der Waals surface area contributed by atoms with Crippen molar-refractivity contribution in [2.24, 2.45) is 0 Å². The first-order valence-corrected chi connectivity index (χ1v) is 8.92. The quantitative estimate of drug-likeness (QED) is 0.809. The molecule has 0 bridgehead atoms. The highest BCUT2D eigenvalue weighted by Gasteiger charge is 2.36. The van der Waals surface area contributed by atoms with Gasteiger partial charge in [-0.1, -0.05) is 23.7 Å². The van der Waals surface area contributed by atoms with Gasteiger partial charge in [-0.2, -0.15) is 13.2 Å². The highest BCUT2D eigenvalue weighted by molar-refractivity contribution is 6.30. The van der Waals surface area contributed by atoms with Gasteiger partial charge in [-0.05, 0) is 37.5 Å². The Labute approximate surface area is 159 Å². The van der Waals surface area contributed by atoms with Gasteiger partial charge in [0.25, 0.3) is 5.91 Å². The van der Waals surface area contributed by atoms with Gasteiger partial charge in [0.2, 0.25) is 0 Å². The van der Waals surface area contributed by atoms with Crippen LogP contribution >= 0.6 is 11.6 Å². The largest absolute Gasteiger partial charge is 0.411 e. The Balaban J connectivity index is 1.71. The molecule has 2 heterocycles. The summed E-state index contributed by atoms with van der Waals surface area (Å²) in [6, 6.07) is 6.93. The molecule has 0 radical (unpaired) electrons. The number of H-pyrrole nitrogens is 1. The van der Waals surface area contributed by atoms with E-state index in [0.29, 0.717) is 23.8 Å². The minimum absolute atomic E-state index is 0.310. The van der Waals surface area contributed by atoms with Crippen molar-refractivity contribution in [2.45, 2.75) is 38.1 Å². The van der Waals surface area contributed by atoms with E-state index in [9.17, 15) is 18.0 Å². The van der Waals surface area contributed by atoms with Gasteiger partial charge in [0.1, 0.15) is 18.5 Å². The number of nitrogens with one attached hydrogen (secondary N) is 1. The lowest BCUT2D eigenvalue weighted by Gasteiger charge is -2.26. The van der Waals surface area contributed by atoms with Crippen LogP contribution in [0.2, 0.25) is 5.02 Å². The summed E-state index contributed by atoms with van der Waals surface area (Å²) >= 11 is 5.89. The molecule has 1 N–H and O–H groups in total. The second-order valence-electron chi connectivity index (χ2n) is 6.45. The van der Waals surface area contributed by atoms with Crippen LogP contribution in [0.4, 0.5) is 13.2 Å². The fraction of sp³-hybridized carbons (Fsp3) is 0.444. The number of alkyl halides is 3. The van der Waals surface area contributed by atoms with Crippen LogP contribution in [0.1, 0.15) is 31.6 Å². The maximum absolute atomic E-state index is 12.5. The van der Waals surface area contributed by atoms with Crippen molar-refractivity contribution in [2.75, 3.05) is 13.2 Å². The number of aromatic nitrogens is 2. The molecule has 1 aromatic carbocycles. The lowest BCUT2D eigenvalue weighted by molar-refractivity contribution is -0.188. The number of rotatable bonds is 5. The molecule has 5 nitrogen and oxygen atoms in total. The Morgan fingerprint density at radius 3 is 2.78 bits per heavy atom. The van der Waals surface area contributed by atoms with E-state index >= 15 is 0 Å². The van der Waals surface area contributed by atoms with E-state index in [1.54, 1.807) is 18.3 Å². The lowest BCUT2D eigenvalue weighted by atomic mass is 10.2. The zero-order valence-corrected chi connectivity index (χ0v) is 15.3. The molecule has 1 aromatic heterocycles. The minimum Gasteiger partial charge on any atom is -0.359 e. The van der Waals surface area contributed by atoms with Gasteiger partial charge in [-0.25, -0.2) is 4.98 Å². The van der Waals surface area contributed by atoms with Crippen LogP contribution in [-0.4, -0.2) is 46.2 Å². The summed E-state index contributed by atoms with van der Waals surface area (Å²) < 4.78 is 41.6. The van der Waals surface area contributed by atoms with Crippen LogP contribution in [0, 0.1) is 0 Å². The summed E-state index contributed by atoms with van der Waals surface area (Å²) in [4.78, 5) is 21.6. The molecule has 2 aromatic rings. The summed E-state index contributed by atoms with van der Waals surface area (Å²) in [6.45, 7) is 0.352. The van der Waals surface area contributed by atoms with E-state index in [2.05, 4.69) is 9.97 Å². The first-order chi connectivity index (χ1) is 12.7. The van der Waals surface area contributed by atoms with Crippen LogP contribution in [0.15, 0.2) is 30.5 Å². The van der Waals surface area contributed by atoms with Gasteiger partial charge in [0.15, 0.2) is 0 Å². The van der Waals surface area contributed by atoms with Crippen molar-refractivity contribution in [1.29, 1.82) is 0 Å². The number of carbonyl (C=O) groups excluding carboxylic acids is 1. The summed E-state index contributed by atoms with van der Waals surface area (Å²) in [5.74, 6) is 0.139. The summed E-state index contributed by atoms with van der Waals surface area (Å²) in [7, 11) is 0. The van der Waals surface area contributed by atoms with Crippen molar-refractivity contribution in [3.63, 3.8) is 0 Å². The molecule has 1 saturated heterocycles. The van der Waals surface area contributed by atoms with Crippen molar-refractivity contribution < 1.29 is 22.7 Å². The van der Waals surface area contributed by atoms with E-state index in [1.807, 2.05) is 12.1 Å². The molecule has 9 heteroatoms. The molecule has 0 saturated carbocycles. The van der Waals surface area contributed by atoms with Crippen molar-refractivity contribution in [1.82, 2.24) is 14.9 Å². The number of hydrogen-bond donors (Lipinski definition) is 1. The van der Waals surface area contributed by atoms with Gasteiger partial charge < -0.3 is 14.6 Å². The molecule has 1 fully saturated rings. The molecular weight excluding hydrogens is 383 g/mol. The molecule has 27 heavy (non-hydrogen) atoms. The number of benzene rings is 1. The summed E-state index contributed by atoms with van der Waals surface area (Å²) in [5, 5.41) is 0.624. The predicted octanol–water partition coefficient (Wildman–Crippen LogP) is 4.36. The number of hydrogen-bond acceptors (Lipinski definition) is 3. The molecule has 0 aliphatic carbocycles. The van der Waals surface area contributed by atoms with Gasteiger partial charge in [0.05, 0.1) is 17.9 Å². The molecule has 2 atom stereocenters. The molecule has 0 unspecified atom stereocenters. The maximum atomic E-state index is 12.5. The van der Waals surface area contributed by atoms with Gasteiger partial charge in [-0.3, -0.25) is 4.79 Å². The van der Waals surface area contributed by atoms with Crippen molar-refractivity contribution in [3.8, 4) is 11.3 Å². The third kappa shape index (κ3) is 4.81. The van der Waals surface area contributed by atoms with E-state index in [1.165, 1.54) is 11.8 Å². The smallest absolute Gasteiger partial charge is 0.359 e. The third-order valence-corrected chi connectivity index (χ3v) is 4.70. The zero-order valence-electron chi connectivity index (χ0n) is 14.6. The van der Waals surface area contributed by atoms with Gasteiger partial charge >= 0.3 is 6.18 Å². The number of ether oxygens (including phenoxy) is 1. The van der Waals surface area contributed by atoms with Crippen molar-refractivity contribution >= 4 is 17.5 Å². The second kappa shape index (κ2) is 7.90. The fourth-order valence-electron chi connectivity index (χ4n) is 3.12. The number of nitrogens with zero attached hydrogens (tertiary/aromatic N) is 2. The zero-order chi connectivity index (χ0) is 19.6. The van der Waals surface area contributed by atoms with E-state index < -0.39 is 24.8 Å². The average Bonchev–Trinajstić information content (AvgIpc) is 3.28. The van der Waals surface area contributed by atoms with Crippen LogP contribution in [-0.2, 0) is 9.53 Å². The normalized spacial score (nSPS) is 18.7. The predicted molar refractivity (Wildman–Crippen MR) is 94.2 cm³/mol. The van der Waals surface area contributed by atoms with Gasteiger partial charge in [-0.15, -0.1) is 0 Å². The van der Waals surface area contributed by atoms with Crippen LogP contribution in [0.25, 0.3) is 11.3 Å². The Hall–Kier alpha value is -2.06. The first-order valence-electron chi connectivity index (χ1n) is 8.54. The number of carbonyl (C=O) groups is 1. The molecule has 1 amide bonds. The topological polar surface area (TPSA) is 58.2 Å². The summed E-state index contributed by atoms with van der Waals surface area (Å²) in [6.07, 6.45) is -2.53. The Morgan fingerprint density at radius 2 is 2.11 bits per heavy atom. The van der Waals surface area contributed by atoms with E-state index in [4.69, 9.17) is 16.3 Å². The molecule has 1 aliphatic rings. The number of halogens is 4. The number of amides is 1. The first kappa shape index (κ1) is 19.7. The van der Waals surface area contributed by atoms with Crippen LogP contribution in [0.5, 0.6) is 0 Å². The SMILES string of the molecule is C[C@H](OCC(F)(F)F)C(=O)N1CCC[C@@H]1c1ncc(-c2ccc(Cl)cc2)[nH]1. The number of likely N-dealkylation sites (tertiary alicyclic amines) is 1. The molecular formula is C18H19ClF3N3O2. The molecule has 146 valence electrons. The Bertz CT molecular complexity index is 792. The Kier molecular flexibility index (Phi) is 5.76.